The highest BCUT2D eigenvalue weighted by molar-refractivity contribution is 9.10. The zero-order chi connectivity index (χ0) is 25.5. The Morgan fingerprint density at radius 2 is 1.77 bits per heavy atom. The lowest BCUT2D eigenvalue weighted by Gasteiger charge is -2.58. The first-order valence-corrected chi connectivity index (χ1v) is 15.9. The summed E-state index contributed by atoms with van der Waals surface area (Å²) < 4.78 is 5.99. The molecule has 3 fully saturated rings. The molecule has 0 aromatic rings. The number of ether oxygens (including phenoxy) is 1. The largest absolute Gasteiger partial charge is 0.461 e. The fourth-order valence-electron chi connectivity index (χ4n) is 9.25. The van der Waals surface area contributed by atoms with Gasteiger partial charge in [-0.25, -0.2) is 0 Å². The Bertz CT molecular complexity index is 786. The van der Waals surface area contributed by atoms with E-state index in [-0.39, 0.29) is 22.8 Å². The van der Waals surface area contributed by atoms with Crippen LogP contribution in [0.15, 0.2) is 11.6 Å². The fourth-order valence-corrected chi connectivity index (χ4v) is 9.36. The molecular formula is C32H53BrO2. The van der Waals surface area contributed by atoms with Gasteiger partial charge in [-0.3, -0.25) is 4.79 Å². The van der Waals surface area contributed by atoms with Crippen LogP contribution in [0, 0.1) is 52.3 Å². The van der Waals surface area contributed by atoms with Gasteiger partial charge >= 0.3 is 5.97 Å². The SMILES string of the molecule is CC(C)CCC[C@H](C)[C@H]1CC[C@H]2[C@@H]3CC=C4C[C@@H](OC(=O)[C@H](Br)C(C)C)CC[C@]4(C)[C@H]3CC[C@]12C. The number of carbonyl (C=O) groups is 1. The molecule has 0 aromatic heterocycles. The van der Waals surface area contributed by atoms with E-state index in [1.165, 1.54) is 57.8 Å². The van der Waals surface area contributed by atoms with Crippen molar-refractivity contribution < 1.29 is 9.53 Å². The summed E-state index contributed by atoms with van der Waals surface area (Å²) in [7, 11) is 0. The molecule has 0 N–H and O–H groups in total. The summed E-state index contributed by atoms with van der Waals surface area (Å²) in [6.07, 6.45) is 17.1. The van der Waals surface area contributed by atoms with E-state index in [1.807, 2.05) is 0 Å². The number of halogens is 1. The molecule has 9 atom stereocenters. The molecule has 0 unspecified atom stereocenters. The van der Waals surface area contributed by atoms with Crippen LogP contribution in [0.25, 0.3) is 0 Å². The smallest absolute Gasteiger partial charge is 0.320 e. The van der Waals surface area contributed by atoms with Crippen molar-refractivity contribution in [3.05, 3.63) is 11.6 Å². The zero-order valence-electron chi connectivity index (χ0n) is 23.7. The van der Waals surface area contributed by atoms with Crippen LogP contribution in [0.3, 0.4) is 0 Å². The molecule has 0 radical (unpaired) electrons. The van der Waals surface area contributed by atoms with Gasteiger partial charge in [0.2, 0.25) is 0 Å². The van der Waals surface area contributed by atoms with Crippen LogP contribution in [-0.2, 0) is 9.53 Å². The highest BCUT2D eigenvalue weighted by Crippen LogP contribution is 2.67. The van der Waals surface area contributed by atoms with E-state index in [0.717, 1.165) is 48.3 Å². The molecule has 3 saturated carbocycles. The van der Waals surface area contributed by atoms with E-state index < -0.39 is 0 Å². The van der Waals surface area contributed by atoms with Crippen molar-refractivity contribution in [2.24, 2.45) is 52.3 Å². The fraction of sp³-hybridized carbons (Fsp3) is 0.906. The van der Waals surface area contributed by atoms with Crippen LogP contribution in [0.4, 0.5) is 0 Å². The van der Waals surface area contributed by atoms with E-state index in [4.69, 9.17) is 4.74 Å². The van der Waals surface area contributed by atoms with Crippen molar-refractivity contribution in [2.45, 2.75) is 130 Å². The molecule has 200 valence electrons. The Kier molecular flexibility index (Phi) is 8.57. The average molecular weight is 550 g/mol. The Labute approximate surface area is 224 Å². The summed E-state index contributed by atoms with van der Waals surface area (Å²) in [6, 6.07) is 0. The molecule has 2 nitrogen and oxygen atoms in total. The lowest BCUT2D eigenvalue weighted by Crippen LogP contribution is -2.51. The summed E-state index contributed by atoms with van der Waals surface area (Å²) in [5.74, 6) is 5.42. The molecule has 0 bridgehead atoms. The van der Waals surface area contributed by atoms with Crippen LogP contribution in [0.2, 0.25) is 0 Å². The zero-order valence-corrected chi connectivity index (χ0v) is 25.3. The second-order valence-corrected chi connectivity index (χ2v) is 15.2. The summed E-state index contributed by atoms with van der Waals surface area (Å²) in [5, 5.41) is 0. The minimum Gasteiger partial charge on any atom is -0.461 e. The summed E-state index contributed by atoms with van der Waals surface area (Å²) in [4.78, 5) is 12.4. The Hall–Kier alpha value is -0.310. The first-order chi connectivity index (χ1) is 16.5. The molecule has 3 heteroatoms. The lowest BCUT2D eigenvalue weighted by atomic mass is 9.47. The number of esters is 1. The topological polar surface area (TPSA) is 26.3 Å². The number of rotatable bonds is 8. The minimum absolute atomic E-state index is 0.0635. The first-order valence-electron chi connectivity index (χ1n) is 15.0. The number of carbonyl (C=O) groups excluding carboxylic acids is 1. The molecule has 0 amide bonds. The highest BCUT2D eigenvalue weighted by atomic mass is 79.9. The van der Waals surface area contributed by atoms with Crippen molar-refractivity contribution in [3.8, 4) is 0 Å². The van der Waals surface area contributed by atoms with E-state index >= 15 is 0 Å². The monoisotopic (exact) mass is 548 g/mol. The lowest BCUT2D eigenvalue weighted by molar-refractivity contribution is -0.151. The van der Waals surface area contributed by atoms with Gasteiger partial charge in [0.15, 0.2) is 0 Å². The van der Waals surface area contributed by atoms with Crippen molar-refractivity contribution in [2.75, 3.05) is 0 Å². The molecule has 4 aliphatic carbocycles. The van der Waals surface area contributed by atoms with Gasteiger partial charge in [0, 0.05) is 6.42 Å². The second-order valence-electron chi connectivity index (χ2n) is 14.2. The van der Waals surface area contributed by atoms with Gasteiger partial charge in [0.1, 0.15) is 10.9 Å². The maximum Gasteiger partial charge on any atom is 0.320 e. The van der Waals surface area contributed by atoms with Gasteiger partial charge in [0.25, 0.3) is 0 Å². The van der Waals surface area contributed by atoms with Gasteiger partial charge in [-0.1, -0.05) is 95.3 Å². The quantitative estimate of drug-likeness (QED) is 0.171. The highest BCUT2D eigenvalue weighted by Gasteiger charge is 2.59. The maximum absolute atomic E-state index is 12.6. The first kappa shape index (κ1) is 27.7. The third-order valence-electron chi connectivity index (χ3n) is 11.4. The van der Waals surface area contributed by atoms with Crippen molar-refractivity contribution >= 4 is 21.9 Å². The third kappa shape index (κ3) is 5.33. The summed E-state index contributed by atoms with van der Waals surface area (Å²) in [5.41, 5.74) is 2.48. The molecule has 0 saturated heterocycles. The van der Waals surface area contributed by atoms with Crippen molar-refractivity contribution in [1.29, 1.82) is 0 Å². The Morgan fingerprint density at radius 3 is 2.46 bits per heavy atom. The molecule has 0 aromatic carbocycles. The molecule has 0 heterocycles. The Morgan fingerprint density at radius 1 is 1.03 bits per heavy atom. The van der Waals surface area contributed by atoms with Gasteiger partial charge in [-0.2, -0.15) is 0 Å². The maximum atomic E-state index is 12.6. The van der Waals surface area contributed by atoms with Gasteiger partial charge in [-0.15, -0.1) is 0 Å². The van der Waals surface area contributed by atoms with Crippen LogP contribution < -0.4 is 0 Å². The number of alkyl halides is 1. The standard InChI is InChI=1S/C32H53BrO2/c1-20(2)9-8-10-22(5)26-13-14-27-25-12-11-23-19-24(35-30(34)29(33)21(3)4)15-17-31(23,6)28(25)16-18-32(26,27)7/h11,20-22,24-29H,8-10,12-19H2,1-7H3/t22-,24-,25-,26+,27-,28-,29+,31-,32+/m0/s1. The van der Waals surface area contributed by atoms with E-state index in [9.17, 15) is 4.79 Å². The summed E-state index contributed by atoms with van der Waals surface area (Å²) in [6.45, 7) is 16.7. The van der Waals surface area contributed by atoms with Crippen LogP contribution in [0.5, 0.6) is 0 Å². The molecule has 4 rings (SSSR count). The number of allylic oxidation sites excluding steroid dienone is 1. The van der Waals surface area contributed by atoms with E-state index in [2.05, 4.69) is 70.5 Å². The summed E-state index contributed by atoms with van der Waals surface area (Å²) >= 11 is 3.54. The van der Waals surface area contributed by atoms with Crippen LogP contribution >= 0.6 is 15.9 Å². The van der Waals surface area contributed by atoms with E-state index in [1.54, 1.807) is 5.57 Å². The number of hydrogen-bond donors (Lipinski definition) is 0. The minimum atomic E-state index is -0.195. The van der Waals surface area contributed by atoms with Crippen LogP contribution in [0.1, 0.15) is 119 Å². The molecule has 35 heavy (non-hydrogen) atoms. The Balaban J connectivity index is 1.43. The molecule has 0 spiro atoms. The van der Waals surface area contributed by atoms with Gasteiger partial charge in [0.05, 0.1) is 0 Å². The normalized spacial score (nSPS) is 40.5. The van der Waals surface area contributed by atoms with Gasteiger partial charge < -0.3 is 4.74 Å². The molecular weight excluding hydrogens is 496 g/mol. The second kappa shape index (κ2) is 10.8. The van der Waals surface area contributed by atoms with Crippen molar-refractivity contribution in [1.82, 2.24) is 0 Å². The predicted molar refractivity (Wildman–Crippen MR) is 150 cm³/mol. The number of hydrogen-bond acceptors (Lipinski definition) is 2. The van der Waals surface area contributed by atoms with Gasteiger partial charge in [-0.05, 0) is 97.2 Å². The molecule has 0 aliphatic heterocycles. The third-order valence-corrected chi connectivity index (χ3v) is 12.8. The molecule has 4 aliphatic rings. The van der Waals surface area contributed by atoms with Crippen molar-refractivity contribution in [3.63, 3.8) is 0 Å². The number of fused-ring (bicyclic) bond motifs is 5. The van der Waals surface area contributed by atoms with Crippen LogP contribution in [-0.4, -0.2) is 16.9 Å². The average Bonchev–Trinajstić information content (AvgIpc) is 3.15. The predicted octanol–water partition coefficient (Wildman–Crippen LogP) is 9.36. The van der Waals surface area contributed by atoms with E-state index in [0.29, 0.717) is 10.8 Å².